The zero-order chi connectivity index (χ0) is 24.7. The summed E-state index contributed by atoms with van der Waals surface area (Å²) in [6.45, 7) is 2.19. The summed E-state index contributed by atoms with van der Waals surface area (Å²) in [6.07, 6.45) is 6.05. The van der Waals surface area contributed by atoms with Gasteiger partial charge in [0, 0.05) is 41.6 Å². The Kier molecular flexibility index (Phi) is 6.47. The van der Waals surface area contributed by atoms with Gasteiger partial charge in [0.15, 0.2) is 0 Å². The smallest absolute Gasteiger partial charge is 0.254 e. The molecule has 1 amide bonds. The first-order chi connectivity index (χ1) is 16.8. The highest BCUT2D eigenvalue weighted by Crippen LogP contribution is 2.56. The Morgan fingerprint density at radius 2 is 1.94 bits per heavy atom. The lowest BCUT2D eigenvalue weighted by atomic mass is 9.82. The SMILES string of the molecule is CCc1c(NC2CCC3(CC2)C[C@H]3NC(=O)c2ccc(Br)cc2F)nc2ccccc2c1N(C)C. The normalized spacial score (nSPS) is 23.3. The number of benzene rings is 2. The zero-order valence-corrected chi connectivity index (χ0v) is 22.1. The van der Waals surface area contributed by atoms with Crippen LogP contribution < -0.4 is 15.5 Å². The number of carbonyl (C=O) groups excluding carboxylic acids is 1. The highest BCUT2D eigenvalue weighted by Gasteiger charge is 2.55. The molecule has 2 aliphatic carbocycles. The van der Waals surface area contributed by atoms with Crippen LogP contribution in [-0.4, -0.2) is 37.1 Å². The van der Waals surface area contributed by atoms with Crippen molar-refractivity contribution in [2.75, 3.05) is 24.3 Å². The highest BCUT2D eigenvalue weighted by atomic mass is 79.9. The number of hydrogen-bond acceptors (Lipinski definition) is 4. The Morgan fingerprint density at radius 1 is 1.20 bits per heavy atom. The number of rotatable bonds is 6. The maximum Gasteiger partial charge on any atom is 0.254 e. The van der Waals surface area contributed by atoms with Crippen LogP contribution >= 0.6 is 15.9 Å². The van der Waals surface area contributed by atoms with E-state index in [-0.39, 0.29) is 22.9 Å². The van der Waals surface area contributed by atoms with E-state index >= 15 is 0 Å². The maximum atomic E-state index is 14.2. The van der Waals surface area contributed by atoms with Gasteiger partial charge in [-0.05, 0) is 68.2 Å². The number of nitrogens with one attached hydrogen (secondary N) is 2. The van der Waals surface area contributed by atoms with Crippen molar-refractivity contribution in [2.45, 2.75) is 57.5 Å². The lowest BCUT2D eigenvalue weighted by molar-refractivity contribution is 0.0937. The van der Waals surface area contributed by atoms with Crippen molar-refractivity contribution in [3.05, 3.63) is 63.9 Å². The molecule has 2 saturated carbocycles. The van der Waals surface area contributed by atoms with Gasteiger partial charge in [-0.25, -0.2) is 9.37 Å². The van der Waals surface area contributed by atoms with Crippen LogP contribution in [0.1, 0.15) is 54.9 Å². The molecule has 1 spiro atoms. The van der Waals surface area contributed by atoms with E-state index in [9.17, 15) is 9.18 Å². The van der Waals surface area contributed by atoms with Crippen LogP contribution in [0, 0.1) is 11.2 Å². The van der Waals surface area contributed by atoms with Gasteiger partial charge in [0.1, 0.15) is 11.6 Å². The average molecular weight is 539 g/mol. The summed E-state index contributed by atoms with van der Waals surface area (Å²) in [4.78, 5) is 19.8. The number of anilines is 2. The van der Waals surface area contributed by atoms with Crippen molar-refractivity contribution >= 4 is 44.2 Å². The van der Waals surface area contributed by atoms with Gasteiger partial charge in [0.2, 0.25) is 0 Å². The Morgan fingerprint density at radius 3 is 2.63 bits per heavy atom. The zero-order valence-electron chi connectivity index (χ0n) is 20.5. The number of para-hydroxylation sites is 1. The van der Waals surface area contributed by atoms with E-state index in [0.29, 0.717) is 10.5 Å². The van der Waals surface area contributed by atoms with Gasteiger partial charge in [-0.3, -0.25) is 4.79 Å². The van der Waals surface area contributed by atoms with E-state index < -0.39 is 5.82 Å². The third-order valence-electron chi connectivity index (χ3n) is 7.76. The van der Waals surface area contributed by atoms with Crippen LogP contribution in [0.2, 0.25) is 0 Å². The molecule has 35 heavy (non-hydrogen) atoms. The second-order valence-electron chi connectivity index (χ2n) is 10.2. The molecule has 0 aliphatic heterocycles. The van der Waals surface area contributed by atoms with E-state index in [2.05, 4.69) is 70.7 Å². The van der Waals surface area contributed by atoms with Gasteiger partial charge in [-0.15, -0.1) is 0 Å². The lowest BCUT2D eigenvalue weighted by Crippen LogP contribution is -2.34. The molecule has 1 heterocycles. The second kappa shape index (κ2) is 9.41. The molecular formula is C28H32BrFN4O. The van der Waals surface area contributed by atoms with Crippen LogP contribution in [0.4, 0.5) is 15.9 Å². The van der Waals surface area contributed by atoms with Crippen LogP contribution in [0.25, 0.3) is 10.9 Å². The van der Waals surface area contributed by atoms with Gasteiger partial charge < -0.3 is 15.5 Å². The van der Waals surface area contributed by atoms with Crippen molar-refractivity contribution in [3.63, 3.8) is 0 Å². The number of aromatic nitrogens is 1. The molecule has 7 heteroatoms. The minimum absolute atomic E-state index is 0.108. The largest absolute Gasteiger partial charge is 0.377 e. The molecule has 0 saturated heterocycles. The fraction of sp³-hybridized carbons (Fsp3) is 0.429. The van der Waals surface area contributed by atoms with Gasteiger partial charge in [-0.1, -0.05) is 41.1 Å². The van der Waals surface area contributed by atoms with Gasteiger partial charge in [0.25, 0.3) is 5.91 Å². The molecule has 1 atom stereocenters. The van der Waals surface area contributed by atoms with Crippen molar-refractivity contribution in [1.29, 1.82) is 0 Å². The summed E-state index contributed by atoms with van der Waals surface area (Å²) in [6, 6.07) is 13.4. The van der Waals surface area contributed by atoms with Gasteiger partial charge in [-0.2, -0.15) is 0 Å². The minimum Gasteiger partial charge on any atom is -0.377 e. The molecule has 0 unspecified atom stereocenters. The maximum absolute atomic E-state index is 14.2. The fourth-order valence-corrected chi connectivity index (χ4v) is 6.08. The van der Waals surface area contributed by atoms with E-state index in [1.807, 2.05) is 6.07 Å². The molecule has 0 radical (unpaired) electrons. The number of fused-ring (bicyclic) bond motifs is 1. The number of hydrogen-bond donors (Lipinski definition) is 2. The van der Waals surface area contributed by atoms with Crippen molar-refractivity contribution < 1.29 is 9.18 Å². The predicted molar refractivity (Wildman–Crippen MR) is 144 cm³/mol. The molecule has 1 aromatic heterocycles. The molecule has 2 aromatic carbocycles. The number of carbonyl (C=O) groups is 1. The summed E-state index contributed by atoms with van der Waals surface area (Å²) in [5.41, 5.74) is 3.75. The predicted octanol–water partition coefficient (Wildman–Crippen LogP) is 6.31. The molecular weight excluding hydrogens is 507 g/mol. The molecule has 184 valence electrons. The van der Waals surface area contributed by atoms with Crippen molar-refractivity contribution in [1.82, 2.24) is 10.3 Å². The molecule has 0 bridgehead atoms. The summed E-state index contributed by atoms with van der Waals surface area (Å²) in [5, 5.41) is 8.03. The third kappa shape index (κ3) is 4.63. The molecule has 3 aromatic rings. The summed E-state index contributed by atoms with van der Waals surface area (Å²) < 4.78 is 14.8. The topological polar surface area (TPSA) is 57.3 Å². The average Bonchev–Trinajstić information content (AvgIpc) is 3.49. The van der Waals surface area contributed by atoms with Gasteiger partial charge >= 0.3 is 0 Å². The van der Waals surface area contributed by atoms with E-state index in [4.69, 9.17) is 4.98 Å². The summed E-state index contributed by atoms with van der Waals surface area (Å²) in [5.74, 6) is 0.176. The molecule has 2 N–H and O–H groups in total. The standard InChI is InChI=1S/C28H32BrFN4O/c1-4-19-25(34(2)3)21-7-5-6-8-23(21)32-26(19)31-18-11-13-28(14-12-18)16-24(28)33-27(35)20-10-9-17(29)15-22(20)30/h5-10,15,18,24H,4,11-14,16H2,1-3H3,(H,31,32)(H,33,35)/t18?,24-,28?/m1/s1. The first-order valence-electron chi connectivity index (χ1n) is 12.4. The Labute approximate surface area is 214 Å². The summed E-state index contributed by atoms with van der Waals surface area (Å²) >= 11 is 3.24. The quantitative estimate of drug-likeness (QED) is 0.386. The molecule has 5 rings (SSSR count). The highest BCUT2D eigenvalue weighted by molar-refractivity contribution is 9.10. The van der Waals surface area contributed by atoms with Crippen LogP contribution in [0.15, 0.2) is 46.9 Å². The van der Waals surface area contributed by atoms with E-state index in [0.717, 1.165) is 49.9 Å². The van der Waals surface area contributed by atoms with Crippen molar-refractivity contribution in [2.24, 2.45) is 5.41 Å². The number of pyridine rings is 1. The molecule has 2 aliphatic rings. The van der Waals surface area contributed by atoms with Crippen LogP contribution in [-0.2, 0) is 6.42 Å². The number of halogens is 2. The second-order valence-corrected chi connectivity index (χ2v) is 11.1. The Hall–Kier alpha value is -2.67. The van der Waals surface area contributed by atoms with E-state index in [1.165, 1.54) is 28.8 Å². The Bertz CT molecular complexity index is 1270. The fourth-order valence-electron chi connectivity index (χ4n) is 5.74. The van der Waals surface area contributed by atoms with Crippen LogP contribution in [0.5, 0.6) is 0 Å². The van der Waals surface area contributed by atoms with Crippen LogP contribution in [0.3, 0.4) is 0 Å². The Balaban J connectivity index is 1.25. The summed E-state index contributed by atoms with van der Waals surface area (Å²) in [7, 11) is 4.19. The molecule has 2 fully saturated rings. The first-order valence-corrected chi connectivity index (χ1v) is 13.2. The number of amides is 1. The van der Waals surface area contributed by atoms with Gasteiger partial charge in [0.05, 0.1) is 16.8 Å². The number of nitrogens with zero attached hydrogens (tertiary/aromatic N) is 2. The monoisotopic (exact) mass is 538 g/mol. The molecule has 5 nitrogen and oxygen atoms in total. The minimum atomic E-state index is -0.494. The van der Waals surface area contributed by atoms with E-state index in [1.54, 1.807) is 6.07 Å². The third-order valence-corrected chi connectivity index (χ3v) is 8.25. The van der Waals surface area contributed by atoms with Crippen molar-refractivity contribution in [3.8, 4) is 0 Å². The first kappa shape index (κ1) is 24.0. The lowest BCUT2D eigenvalue weighted by Gasteiger charge is -2.32.